The van der Waals surface area contributed by atoms with Gasteiger partial charge in [-0.15, -0.1) is 6.42 Å². The second kappa shape index (κ2) is 25.3. The molecular formula is C32H53N5O4S. The number of amides is 3. The molecule has 2 unspecified atom stereocenters. The predicted octanol–water partition coefficient (Wildman–Crippen LogP) is 5.46. The van der Waals surface area contributed by atoms with E-state index in [9.17, 15) is 14.4 Å². The molecule has 1 saturated heterocycles. The molecule has 0 spiro atoms. The summed E-state index contributed by atoms with van der Waals surface area (Å²) in [5.74, 6) is 2.05. The van der Waals surface area contributed by atoms with Crippen molar-refractivity contribution in [1.82, 2.24) is 9.80 Å². The molecule has 2 atom stereocenters. The first-order valence-corrected chi connectivity index (χ1v) is 15.2. The molecule has 3 amide bonds. The lowest BCUT2D eigenvalue weighted by Gasteiger charge is -2.17. The quantitative estimate of drug-likeness (QED) is 0.354. The van der Waals surface area contributed by atoms with E-state index in [4.69, 9.17) is 16.8 Å². The van der Waals surface area contributed by atoms with Gasteiger partial charge in [0.25, 0.3) is 0 Å². The maximum Gasteiger partial charge on any atom is 0.239 e. The smallest absolute Gasteiger partial charge is 0.239 e. The topological polar surface area (TPSA) is 126 Å². The van der Waals surface area contributed by atoms with Gasteiger partial charge in [-0.3, -0.25) is 14.4 Å². The van der Waals surface area contributed by atoms with Crippen LogP contribution in [0.25, 0.3) is 0 Å². The number of likely N-dealkylation sites (tertiary alicyclic amines) is 1. The largest absolute Gasteiger partial charge is 0.400 e. The summed E-state index contributed by atoms with van der Waals surface area (Å²) in [6.45, 7) is 18.8. The molecular weight excluding hydrogens is 550 g/mol. The van der Waals surface area contributed by atoms with Crippen molar-refractivity contribution in [1.29, 1.82) is 5.26 Å². The second-order valence-corrected chi connectivity index (χ2v) is 11.0. The molecule has 0 aliphatic carbocycles. The molecule has 0 saturated carbocycles. The third kappa shape index (κ3) is 18.8. The summed E-state index contributed by atoms with van der Waals surface area (Å²) in [4.78, 5) is 37.6. The van der Waals surface area contributed by atoms with Gasteiger partial charge in [0.05, 0.1) is 17.9 Å². The van der Waals surface area contributed by atoms with Gasteiger partial charge >= 0.3 is 0 Å². The Bertz CT molecular complexity index is 1010. The number of aliphatic hydroxyl groups excluding tert-OH is 1. The van der Waals surface area contributed by atoms with Crippen molar-refractivity contribution in [3.8, 4) is 18.4 Å². The number of nitrogens with one attached hydrogen (secondary N) is 2. The molecule has 1 heterocycles. The van der Waals surface area contributed by atoms with Gasteiger partial charge in [-0.2, -0.15) is 17.0 Å². The number of carbonyl (C=O) groups is 3. The third-order valence-electron chi connectivity index (χ3n) is 5.46. The molecule has 1 aliphatic heterocycles. The maximum atomic E-state index is 11.8. The average molecular weight is 604 g/mol. The van der Waals surface area contributed by atoms with Gasteiger partial charge in [0, 0.05) is 44.0 Å². The predicted molar refractivity (Wildman–Crippen MR) is 178 cm³/mol. The van der Waals surface area contributed by atoms with Gasteiger partial charge in [0.15, 0.2) is 0 Å². The summed E-state index contributed by atoms with van der Waals surface area (Å²) >= 11 is 1.53. The van der Waals surface area contributed by atoms with Crippen LogP contribution < -0.4 is 10.6 Å². The number of rotatable bonds is 7. The van der Waals surface area contributed by atoms with E-state index in [0.29, 0.717) is 6.54 Å². The Labute approximate surface area is 259 Å². The lowest BCUT2D eigenvalue weighted by Crippen LogP contribution is -2.33. The highest BCUT2D eigenvalue weighted by Crippen LogP contribution is 2.20. The zero-order valence-corrected chi connectivity index (χ0v) is 28.1. The van der Waals surface area contributed by atoms with E-state index in [1.807, 2.05) is 78.1 Å². The number of hydrogen-bond donors (Lipinski definition) is 3. The second-order valence-electron chi connectivity index (χ2n) is 9.79. The monoisotopic (exact) mass is 603 g/mol. The van der Waals surface area contributed by atoms with E-state index < -0.39 is 5.92 Å². The first kappa shape index (κ1) is 43.0. The van der Waals surface area contributed by atoms with Crippen LogP contribution in [0.2, 0.25) is 0 Å². The molecule has 1 fully saturated rings. The summed E-state index contributed by atoms with van der Waals surface area (Å²) in [6, 6.07) is 9.47. The van der Waals surface area contributed by atoms with Crippen LogP contribution >= 0.6 is 11.8 Å². The number of nitrogens with zero attached hydrogens (tertiary/aromatic N) is 3. The van der Waals surface area contributed by atoms with Crippen molar-refractivity contribution >= 4 is 40.9 Å². The highest BCUT2D eigenvalue weighted by Gasteiger charge is 2.22. The van der Waals surface area contributed by atoms with Gasteiger partial charge in [-0.05, 0) is 57.3 Å². The van der Waals surface area contributed by atoms with E-state index in [2.05, 4.69) is 23.1 Å². The standard InChI is InChI=1S/C13H18N2O.C8H12N2O.C8H13NOS.C2H6.CH4O/c1-5-14-10-7-6-8-11(9-10)15-12(16)13(2,3)4;1-7(6-9)8(11)10-4-2-3-5-10;1-5-6-9(3)8(10)7(2)11-4;2*1-2/h5-9,14H,1H2,2-4H3,(H,15,16);7H,2-5H2,1H3;1,7H,6H2,2-4H3;1-2H3;2H,1H3. The minimum Gasteiger partial charge on any atom is -0.400 e. The fraction of sp³-hybridized carbons (Fsp3) is 0.562. The van der Waals surface area contributed by atoms with E-state index in [1.54, 1.807) is 30.0 Å². The van der Waals surface area contributed by atoms with Crippen LogP contribution in [0.3, 0.4) is 0 Å². The van der Waals surface area contributed by atoms with Crippen LogP contribution in [0.15, 0.2) is 37.0 Å². The van der Waals surface area contributed by atoms with Crippen LogP contribution in [0.5, 0.6) is 0 Å². The molecule has 10 heteroatoms. The maximum absolute atomic E-state index is 11.8. The minimum absolute atomic E-state index is 0.00301. The Hall–Kier alpha value is -3.47. The van der Waals surface area contributed by atoms with Crippen LogP contribution in [0, 0.1) is 35.0 Å². The number of hydrogen-bond acceptors (Lipinski definition) is 7. The minimum atomic E-state index is -0.465. The van der Waals surface area contributed by atoms with Crippen LogP contribution in [0.4, 0.5) is 11.4 Å². The molecule has 0 radical (unpaired) electrons. The average Bonchev–Trinajstić information content (AvgIpc) is 3.53. The highest BCUT2D eigenvalue weighted by molar-refractivity contribution is 7.99. The van der Waals surface area contributed by atoms with Crippen LogP contribution in [-0.4, -0.2) is 77.9 Å². The number of aliphatic hydroxyl groups is 1. The SMILES string of the molecule is C#CCN(C)C(=O)C(C)SC.C=CNc1cccc(NC(=O)C(C)(C)C)c1.CC.CC(C#N)C(=O)N1CCCC1.CO. The lowest BCUT2D eigenvalue weighted by molar-refractivity contribution is -0.132. The Balaban J connectivity index is -0.000000524. The molecule has 1 aromatic carbocycles. The number of terminal acetylenes is 1. The fourth-order valence-electron chi connectivity index (χ4n) is 3.02. The summed E-state index contributed by atoms with van der Waals surface area (Å²) in [5, 5.41) is 21.3. The zero-order chi connectivity index (χ0) is 33.3. The van der Waals surface area contributed by atoms with Crippen molar-refractivity contribution in [3.63, 3.8) is 0 Å². The molecule has 3 N–H and O–H groups in total. The molecule has 2 rings (SSSR count). The molecule has 1 aromatic rings. The van der Waals surface area contributed by atoms with E-state index in [1.165, 1.54) is 11.8 Å². The Morgan fingerprint density at radius 3 is 2.14 bits per heavy atom. The van der Waals surface area contributed by atoms with Crippen molar-refractivity contribution in [2.24, 2.45) is 11.3 Å². The molecule has 9 nitrogen and oxygen atoms in total. The normalized spacial score (nSPS) is 12.5. The van der Waals surface area contributed by atoms with Crippen molar-refractivity contribution in [2.75, 3.05) is 50.7 Å². The van der Waals surface area contributed by atoms with Crippen LogP contribution in [-0.2, 0) is 14.4 Å². The summed E-state index contributed by atoms with van der Waals surface area (Å²) in [6.07, 6.45) is 10.7. The third-order valence-corrected chi connectivity index (χ3v) is 6.37. The van der Waals surface area contributed by atoms with Crippen molar-refractivity contribution in [3.05, 3.63) is 37.0 Å². The van der Waals surface area contributed by atoms with Crippen molar-refractivity contribution < 1.29 is 19.5 Å². The zero-order valence-electron chi connectivity index (χ0n) is 27.3. The number of nitriles is 1. The lowest BCUT2D eigenvalue weighted by atomic mass is 9.95. The van der Waals surface area contributed by atoms with E-state index in [0.717, 1.165) is 44.4 Å². The first-order chi connectivity index (χ1) is 19.8. The Morgan fingerprint density at radius 2 is 1.71 bits per heavy atom. The summed E-state index contributed by atoms with van der Waals surface area (Å²) in [7, 11) is 2.72. The van der Waals surface area contributed by atoms with Gasteiger partial charge in [0.2, 0.25) is 17.7 Å². The van der Waals surface area contributed by atoms with Crippen LogP contribution in [0.1, 0.15) is 61.3 Å². The number of benzene rings is 1. The summed E-state index contributed by atoms with van der Waals surface area (Å²) in [5.41, 5.74) is 1.30. The van der Waals surface area contributed by atoms with E-state index in [-0.39, 0.29) is 28.4 Å². The molecule has 236 valence electrons. The number of anilines is 2. The molecule has 42 heavy (non-hydrogen) atoms. The highest BCUT2D eigenvalue weighted by atomic mass is 32.2. The first-order valence-electron chi connectivity index (χ1n) is 14.0. The molecule has 0 bridgehead atoms. The summed E-state index contributed by atoms with van der Waals surface area (Å²) < 4.78 is 0. The number of carbonyl (C=O) groups excluding carboxylic acids is 3. The molecule has 1 aliphatic rings. The Kier molecular flexibility index (Phi) is 25.9. The van der Waals surface area contributed by atoms with Gasteiger partial charge in [-0.25, -0.2) is 0 Å². The van der Waals surface area contributed by atoms with E-state index >= 15 is 0 Å². The van der Waals surface area contributed by atoms with Crippen molar-refractivity contribution in [2.45, 2.75) is 66.6 Å². The number of thioether (sulfide) groups is 1. The fourth-order valence-corrected chi connectivity index (χ4v) is 3.40. The van der Waals surface area contributed by atoms with Gasteiger partial charge in [-0.1, -0.05) is 53.2 Å². The molecule has 0 aromatic heterocycles. The van der Waals surface area contributed by atoms with Gasteiger partial charge in [0.1, 0.15) is 5.92 Å². The van der Waals surface area contributed by atoms with Gasteiger partial charge < -0.3 is 25.5 Å². The Morgan fingerprint density at radius 1 is 1.19 bits per heavy atom.